The third-order valence-corrected chi connectivity index (χ3v) is 8.30. The van der Waals surface area contributed by atoms with E-state index in [9.17, 15) is 4.79 Å². The predicted octanol–water partition coefficient (Wildman–Crippen LogP) is 8.26. The quantitative estimate of drug-likeness (QED) is 0.145. The fraction of sp³-hybridized carbons (Fsp3) is 0.342. The molecule has 1 saturated carbocycles. The normalized spacial score (nSPS) is 13.6. The van der Waals surface area contributed by atoms with Crippen LogP contribution in [0.5, 0.6) is 0 Å². The highest BCUT2D eigenvalue weighted by Crippen LogP contribution is 2.27. The fourth-order valence-electron chi connectivity index (χ4n) is 5.83. The molecule has 1 amide bonds. The number of carbonyl (C=O) groups is 1. The maximum atomic E-state index is 13.4. The number of amides is 1. The summed E-state index contributed by atoms with van der Waals surface area (Å²) < 4.78 is 0. The van der Waals surface area contributed by atoms with Crippen LogP contribution in [0.25, 0.3) is 22.3 Å². The Hall–Kier alpha value is -3.73. The van der Waals surface area contributed by atoms with Crippen LogP contribution in [0.3, 0.4) is 0 Å². The Morgan fingerprint density at radius 1 is 0.690 bits per heavy atom. The molecule has 4 heteroatoms. The van der Waals surface area contributed by atoms with Crippen molar-refractivity contribution in [2.24, 2.45) is 0 Å². The zero-order valence-corrected chi connectivity index (χ0v) is 25.0. The standard InChI is InChI=1S/C38H45N3O/c1-2-3-23-40-38(42)37-25-31(28-41-35-15-8-5-9-16-35)19-22-36(37)34-14-10-11-30(24-34)27-39-26-29-17-20-33(21-18-29)32-12-6-4-7-13-32/h4,6-7,10-14,17-22,24-25,35,39,41H,2-3,5,8-9,15-16,23,26-28H2,1H3,(H,40,42). The summed E-state index contributed by atoms with van der Waals surface area (Å²) in [4.78, 5) is 13.4. The van der Waals surface area contributed by atoms with Gasteiger partial charge in [0.15, 0.2) is 0 Å². The molecular formula is C38H45N3O. The van der Waals surface area contributed by atoms with Crippen molar-refractivity contribution in [2.45, 2.75) is 77.5 Å². The maximum Gasteiger partial charge on any atom is 0.251 e. The Bertz CT molecular complexity index is 1410. The molecule has 4 aromatic carbocycles. The highest BCUT2D eigenvalue weighted by atomic mass is 16.1. The average molecular weight is 560 g/mol. The average Bonchev–Trinajstić information content (AvgIpc) is 3.05. The fourth-order valence-corrected chi connectivity index (χ4v) is 5.83. The van der Waals surface area contributed by atoms with Gasteiger partial charge in [0.05, 0.1) is 0 Å². The molecular weight excluding hydrogens is 514 g/mol. The number of hydrogen-bond donors (Lipinski definition) is 3. The molecule has 0 radical (unpaired) electrons. The van der Waals surface area contributed by atoms with Gasteiger partial charge >= 0.3 is 0 Å². The Labute approximate surface area is 252 Å². The zero-order valence-electron chi connectivity index (χ0n) is 25.0. The van der Waals surface area contributed by atoms with Gasteiger partial charge in [0.2, 0.25) is 0 Å². The molecule has 0 saturated heterocycles. The van der Waals surface area contributed by atoms with E-state index in [1.165, 1.54) is 59.9 Å². The number of carbonyl (C=O) groups excluding carboxylic acids is 1. The smallest absolute Gasteiger partial charge is 0.251 e. The van der Waals surface area contributed by atoms with Gasteiger partial charge in [0, 0.05) is 37.8 Å². The third kappa shape index (κ3) is 8.40. The van der Waals surface area contributed by atoms with Crippen molar-refractivity contribution in [1.29, 1.82) is 0 Å². The first-order valence-corrected chi connectivity index (χ1v) is 15.8. The predicted molar refractivity (Wildman–Crippen MR) is 175 cm³/mol. The van der Waals surface area contributed by atoms with E-state index >= 15 is 0 Å². The summed E-state index contributed by atoms with van der Waals surface area (Å²) in [6, 6.07) is 34.8. The number of benzene rings is 4. The molecule has 4 aromatic rings. The SMILES string of the molecule is CCCCNC(=O)c1cc(CNC2CCCCC2)ccc1-c1cccc(CNCc2ccc(-c3ccccc3)cc2)c1. The summed E-state index contributed by atoms with van der Waals surface area (Å²) in [7, 11) is 0. The molecule has 0 spiro atoms. The second-order valence-electron chi connectivity index (χ2n) is 11.6. The van der Waals surface area contributed by atoms with Crippen LogP contribution in [0.1, 0.15) is 78.9 Å². The maximum absolute atomic E-state index is 13.4. The molecule has 4 nitrogen and oxygen atoms in total. The molecule has 5 rings (SSSR count). The highest BCUT2D eigenvalue weighted by Gasteiger charge is 2.16. The van der Waals surface area contributed by atoms with E-state index in [1.807, 2.05) is 6.07 Å². The lowest BCUT2D eigenvalue weighted by atomic mass is 9.94. The van der Waals surface area contributed by atoms with Gasteiger partial charge < -0.3 is 16.0 Å². The zero-order chi connectivity index (χ0) is 29.0. The highest BCUT2D eigenvalue weighted by molar-refractivity contribution is 6.01. The van der Waals surface area contributed by atoms with Gasteiger partial charge in [-0.15, -0.1) is 0 Å². The largest absolute Gasteiger partial charge is 0.352 e. The molecule has 0 atom stereocenters. The van der Waals surface area contributed by atoms with E-state index in [2.05, 4.69) is 114 Å². The van der Waals surface area contributed by atoms with Crippen LogP contribution in [-0.2, 0) is 19.6 Å². The molecule has 0 unspecified atom stereocenters. The molecule has 0 bridgehead atoms. The summed E-state index contributed by atoms with van der Waals surface area (Å²) in [6.07, 6.45) is 8.53. The second-order valence-corrected chi connectivity index (χ2v) is 11.6. The van der Waals surface area contributed by atoms with Gasteiger partial charge in [-0.2, -0.15) is 0 Å². The molecule has 0 aromatic heterocycles. The van der Waals surface area contributed by atoms with Crippen molar-refractivity contribution in [3.63, 3.8) is 0 Å². The molecule has 1 aliphatic rings. The number of nitrogens with one attached hydrogen (secondary N) is 3. The lowest BCUT2D eigenvalue weighted by Crippen LogP contribution is -2.30. The molecule has 42 heavy (non-hydrogen) atoms. The van der Waals surface area contributed by atoms with Crippen LogP contribution >= 0.6 is 0 Å². The van der Waals surface area contributed by atoms with Gasteiger partial charge in [0.25, 0.3) is 5.91 Å². The van der Waals surface area contributed by atoms with E-state index in [1.54, 1.807) is 0 Å². The van der Waals surface area contributed by atoms with Crippen LogP contribution < -0.4 is 16.0 Å². The minimum absolute atomic E-state index is 0.0143. The third-order valence-electron chi connectivity index (χ3n) is 8.30. The van der Waals surface area contributed by atoms with Crippen molar-refractivity contribution in [3.8, 4) is 22.3 Å². The molecule has 3 N–H and O–H groups in total. The summed E-state index contributed by atoms with van der Waals surface area (Å²) in [5, 5.41) is 10.5. The Morgan fingerprint density at radius 2 is 1.38 bits per heavy atom. The van der Waals surface area contributed by atoms with Gasteiger partial charge in [-0.3, -0.25) is 4.79 Å². The van der Waals surface area contributed by atoms with Crippen LogP contribution in [0.2, 0.25) is 0 Å². The van der Waals surface area contributed by atoms with Gasteiger partial charge in [-0.05, 0) is 70.3 Å². The van der Waals surface area contributed by atoms with Crippen molar-refractivity contribution >= 4 is 5.91 Å². The van der Waals surface area contributed by atoms with Crippen molar-refractivity contribution in [2.75, 3.05) is 6.54 Å². The number of hydrogen-bond acceptors (Lipinski definition) is 3. The summed E-state index contributed by atoms with van der Waals surface area (Å²) >= 11 is 0. The first-order valence-electron chi connectivity index (χ1n) is 15.8. The summed E-state index contributed by atoms with van der Waals surface area (Å²) in [6.45, 7) is 5.21. The molecule has 1 aliphatic carbocycles. The van der Waals surface area contributed by atoms with Crippen LogP contribution in [0, 0.1) is 0 Å². The first-order chi connectivity index (χ1) is 20.7. The van der Waals surface area contributed by atoms with Crippen molar-refractivity contribution < 1.29 is 4.79 Å². The monoisotopic (exact) mass is 559 g/mol. The van der Waals surface area contributed by atoms with Crippen LogP contribution in [0.15, 0.2) is 97.1 Å². The molecule has 0 aliphatic heterocycles. The second kappa shape index (κ2) is 15.5. The van der Waals surface area contributed by atoms with E-state index in [0.29, 0.717) is 12.6 Å². The van der Waals surface area contributed by atoms with Crippen LogP contribution in [-0.4, -0.2) is 18.5 Å². The van der Waals surface area contributed by atoms with Gasteiger partial charge in [-0.25, -0.2) is 0 Å². The van der Waals surface area contributed by atoms with Crippen molar-refractivity contribution in [1.82, 2.24) is 16.0 Å². The Morgan fingerprint density at radius 3 is 2.17 bits per heavy atom. The van der Waals surface area contributed by atoms with E-state index in [0.717, 1.165) is 49.2 Å². The Balaban J connectivity index is 1.25. The van der Waals surface area contributed by atoms with Crippen LogP contribution in [0.4, 0.5) is 0 Å². The molecule has 1 fully saturated rings. The van der Waals surface area contributed by atoms with E-state index < -0.39 is 0 Å². The molecule has 0 heterocycles. The van der Waals surface area contributed by atoms with E-state index in [4.69, 9.17) is 0 Å². The molecule has 218 valence electrons. The minimum atomic E-state index is 0.0143. The lowest BCUT2D eigenvalue weighted by molar-refractivity contribution is 0.0953. The summed E-state index contributed by atoms with van der Waals surface area (Å²) in [5.41, 5.74) is 8.93. The topological polar surface area (TPSA) is 53.2 Å². The summed E-state index contributed by atoms with van der Waals surface area (Å²) in [5.74, 6) is 0.0143. The van der Waals surface area contributed by atoms with Gasteiger partial charge in [0.1, 0.15) is 0 Å². The lowest BCUT2D eigenvalue weighted by Gasteiger charge is -2.23. The van der Waals surface area contributed by atoms with E-state index in [-0.39, 0.29) is 5.91 Å². The minimum Gasteiger partial charge on any atom is -0.352 e. The number of unbranched alkanes of at least 4 members (excludes halogenated alkanes) is 1. The van der Waals surface area contributed by atoms with Gasteiger partial charge in [-0.1, -0.05) is 118 Å². The Kier molecular flexibility index (Phi) is 11.0. The number of rotatable bonds is 13. The first kappa shape index (κ1) is 29.8. The van der Waals surface area contributed by atoms with Crippen molar-refractivity contribution in [3.05, 3.63) is 119 Å².